The van der Waals surface area contributed by atoms with Crippen LogP contribution in [0.15, 0.2) is 24.3 Å². The van der Waals surface area contributed by atoms with E-state index in [2.05, 4.69) is 5.32 Å². The van der Waals surface area contributed by atoms with Crippen LogP contribution in [0.4, 0.5) is 0 Å². The van der Waals surface area contributed by atoms with Crippen LogP contribution in [0.3, 0.4) is 0 Å². The molecule has 0 spiro atoms. The lowest BCUT2D eigenvalue weighted by Crippen LogP contribution is -2.44. The molecule has 1 aromatic carbocycles. The molecule has 1 rings (SSSR count). The van der Waals surface area contributed by atoms with Gasteiger partial charge in [0.2, 0.25) is 5.91 Å². The Labute approximate surface area is 107 Å². The summed E-state index contributed by atoms with van der Waals surface area (Å²) in [6.07, 6.45) is 0.211. The fraction of sp³-hybridized carbons (Fsp3) is 0.429. The van der Waals surface area contributed by atoms with Gasteiger partial charge in [0.1, 0.15) is 6.04 Å². The second-order valence-corrected chi connectivity index (χ2v) is 4.73. The molecule has 0 heterocycles. The second kappa shape index (κ2) is 6.19. The van der Waals surface area contributed by atoms with Gasteiger partial charge in [-0.05, 0) is 24.0 Å². The summed E-state index contributed by atoms with van der Waals surface area (Å²) < 4.78 is 0. The van der Waals surface area contributed by atoms with Gasteiger partial charge in [0.15, 0.2) is 0 Å². The van der Waals surface area contributed by atoms with Crippen molar-refractivity contribution in [1.29, 1.82) is 0 Å². The predicted octanol–water partition coefficient (Wildman–Crippen LogP) is 1.76. The summed E-state index contributed by atoms with van der Waals surface area (Å²) in [7, 11) is 0. The van der Waals surface area contributed by atoms with Gasteiger partial charge in [-0.25, -0.2) is 4.79 Å². The number of aliphatic carboxylic acids is 1. The highest BCUT2D eigenvalue weighted by Crippen LogP contribution is 2.08. The summed E-state index contributed by atoms with van der Waals surface area (Å²) in [5.74, 6) is -1.39. The Balaban J connectivity index is 2.67. The van der Waals surface area contributed by atoms with E-state index in [-0.39, 0.29) is 18.2 Å². The first-order chi connectivity index (χ1) is 8.41. The first-order valence-electron chi connectivity index (χ1n) is 5.98. The van der Waals surface area contributed by atoms with Crippen molar-refractivity contribution >= 4 is 11.9 Å². The molecule has 0 aliphatic heterocycles. The van der Waals surface area contributed by atoms with Crippen molar-refractivity contribution in [3.63, 3.8) is 0 Å². The third-order valence-corrected chi connectivity index (χ3v) is 2.86. The third kappa shape index (κ3) is 3.87. The first-order valence-corrected chi connectivity index (χ1v) is 5.98. The van der Waals surface area contributed by atoms with Crippen molar-refractivity contribution in [3.05, 3.63) is 35.4 Å². The molecular formula is C14H19NO3. The highest BCUT2D eigenvalue weighted by atomic mass is 16.4. The standard InChI is InChI=1S/C14H19NO3/c1-9(2)13(14(17)18)15-12(16)8-11-7-5-4-6-10(11)3/h4-7,9,13H,8H2,1-3H3,(H,15,16)(H,17,18). The summed E-state index contributed by atoms with van der Waals surface area (Å²) in [4.78, 5) is 22.8. The number of carbonyl (C=O) groups excluding carboxylic acids is 1. The molecule has 0 radical (unpaired) electrons. The van der Waals surface area contributed by atoms with Gasteiger partial charge in [0, 0.05) is 0 Å². The van der Waals surface area contributed by atoms with Gasteiger partial charge >= 0.3 is 5.97 Å². The van der Waals surface area contributed by atoms with E-state index in [9.17, 15) is 9.59 Å². The zero-order chi connectivity index (χ0) is 13.7. The van der Waals surface area contributed by atoms with Crippen LogP contribution in [0.5, 0.6) is 0 Å². The smallest absolute Gasteiger partial charge is 0.326 e. The van der Waals surface area contributed by atoms with E-state index in [1.807, 2.05) is 31.2 Å². The average Bonchev–Trinajstić information content (AvgIpc) is 2.28. The van der Waals surface area contributed by atoms with Crippen molar-refractivity contribution in [2.24, 2.45) is 5.92 Å². The SMILES string of the molecule is Cc1ccccc1CC(=O)NC(C(=O)O)C(C)C. The highest BCUT2D eigenvalue weighted by molar-refractivity contribution is 5.85. The van der Waals surface area contributed by atoms with E-state index in [1.54, 1.807) is 13.8 Å². The molecule has 1 amide bonds. The van der Waals surface area contributed by atoms with E-state index in [0.717, 1.165) is 11.1 Å². The third-order valence-electron chi connectivity index (χ3n) is 2.86. The molecule has 4 heteroatoms. The Morgan fingerprint density at radius 1 is 1.28 bits per heavy atom. The zero-order valence-corrected chi connectivity index (χ0v) is 10.9. The number of hydrogen-bond donors (Lipinski definition) is 2. The van der Waals surface area contributed by atoms with Gasteiger partial charge in [-0.1, -0.05) is 38.1 Å². The molecule has 0 fully saturated rings. The quantitative estimate of drug-likeness (QED) is 0.835. The topological polar surface area (TPSA) is 66.4 Å². The van der Waals surface area contributed by atoms with Crippen LogP contribution in [0.2, 0.25) is 0 Å². The van der Waals surface area contributed by atoms with Gasteiger partial charge < -0.3 is 10.4 Å². The minimum atomic E-state index is -0.997. The molecule has 0 saturated heterocycles. The van der Waals surface area contributed by atoms with Gasteiger partial charge in [-0.3, -0.25) is 4.79 Å². The molecule has 0 saturated carbocycles. The van der Waals surface area contributed by atoms with Crippen LogP contribution in [0.1, 0.15) is 25.0 Å². The maximum atomic E-state index is 11.8. The monoisotopic (exact) mass is 249 g/mol. The molecule has 0 aliphatic carbocycles. The highest BCUT2D eigenvalue weighted by Gasteiger charge is 2.23. The molecule has 2 N–H and O–H groups in total. The summed E-state index contributed by atoms with van der Waals surface area (Å²) >= 11 is 0. The molecule has 0 aliphatic rings. The summed E-state index contributed by atoms with van der Waals surface area (Å²) in [6, 6.07) is 6.75. The number of benzene rings is 1. The number of hydrogen-bond acceptors (Lipinski definition) is 2. The van der Waals surface area contributed by atoms with Crippen LogP contribution in [-0.2, 0) is 16.0 Å². The fourth-order valence-electron chi connectivity index (χ4n) is 1.72. The van der Waals surface area contributed by atoms with Gasteiger partial charge in [0.05, 0.1) is 6.42 Å². The van der Waals surface area contributed by atoms with E-state index >= 15 is 0 Å². The van der Waals surface area contributed by atoms with Gasteiger partial charge in [0.25, 0.3) is 0 Å². The van der Waals surface area contributed by atoms with E-state index in [4.69, 9.17) is 5.11 Å². The lowest BCUT2D eigenvalue weighted by molar-refractivity contribution is -0.143. The van der Waals surface area contributed by atoms with Crippen LogP contribution >= 0.6 is 0 Å². The molecule has 1 atom stereocenters. The Morgan fingerprint density at radius 2 is 1.89 bits per heavy atom. The van der Waals surface area contributed by atoms with Crippen molar-refractivity contribution in [1.82, 2.24) is 5.32 Å². The number of nitrogens with one attached hydrogen (secondary N) is 1. The van der Waals surface area contributed by atoms with Crippen molar-refractivity contribution in [2.75, 3.05) is 0 Å². The number of aryl methyl sites for hydroxylation is 1. The Morgan fingerprint density at radius 3 is 2.39 bits per heavy atom. The zero-order valence-electron chi connectivity index (χ0n) is 10.9. The van der Waals surface area contributed by atoms with Crippen molar-refractivity contribution < 1.29 is 14.7 Å². The van der Waals surface area contributed by atoms with Crippen molar-refractivity contribution in [2.45, 2.75) is 33.2 Å². The number of carboxylic acids is 1. The average molecular weight is 249 g/mol. The molecule has 0 bridgehead atoms. The predicted molar refractivity (Wildman–Crippen MR) is 69.3 cm³/mol. The number of carbonyl (C=O) groups is 2. The Bertz CT molecular complexity index is 440. The molecule has 1 aromatic rings. The van der Waals surface area contributed by atoms with E-state index in [0.29, 0.717) is 0 Å². The molecule has 1 unspecified atom stereocenters. The molecular weight excluding hydrogens is 230 g/mol. The van der Waals surface area contributed by atoms with Gasteiger partial charge in [-0.2, -0.15) is 0 Å². The number of rotatable bonds is 5. The maximum Gasteiger partial charge on any atom is 0.326 e. The normalized spacial score (nSPS) is 12.2. The number of carboxylic acid groups (broad SMARTS) is 1. The molecule has 18 heavy (non-hydrogen) atoms. The van der Waals surface area contributed by atoms with E-state index < -0.39 is 12.0 Å². The second-order valence-electron chi connectivity index (χ2n) is 4.73. The van der Waals surface area contributed by atoms with Crippen LogP contribution in [0, 0.1) is 12.8 Å². The first kappa shape index (κ1) is 14.2. The van der Waals surface area contributed by atoms with Crippen LogP contribution < -0.4 is 5.32 Å². The van der Waals surface area contributed by atoms with E-state index in [1.165, 1.54) is 0 Å². The fourth-order valence-corrected chi connectivity index (χ4v) is 1.72. The minimum absolute atomic E-state index is 0.136. The van der Waals surface area contributed by atoms with Crippen LogP contribution in [0.25, 0.3) is 0 Å². The molecule has 0 aromatic heterocycles. The van der Waals surface area contributed by atoms with Gasteiger partial charge in [-0.15, -0.1) is 0 Å². The molecule has 98 valence electrons. The Kier molecular flexibility index (Phi) is 4.89. The lowest BCUT2D eigenvalue weighted by Gasteiger charge is -2.18. The van der Waals surface area contributed by atoms with Crippen molar-refractivity contribution in [3.8, 4) is 0 Å². The summed E-state index contributed by atoms with van der Waals surface area (Å²) in [6.45, 7) is 5.47. The van der Waals surface area contributed by atoms with Crippen LogP contribution in [-0.4, -0.2) is 23.0 Å². The molecule has 4 nitrogen and oxygen atoms in total. The lowest BCUT2D eigenvalue weighted by atomic mass is 10.0. The minimum Gasteiger partial charge on any atom is -0.480 e. The maximum absolute atomic E-state index is 11.8. The summed E-state index contributed by atoms with van der Waals surface area (Å²) in [5, 5.41) is 11.6. The number of amides is 1. The largest absolute Gasteiger partial charge is 0.480 e. The Hall–Kier alpha value is -1.84. The summed E-state index contributed by atoms with van der Waals surface area (Å²) in [5.41, 5.74) is 1.95.